The summed E-state index contributed by atoms with van der Waals surface area (Å²) in [6, 6.07) is 0.0999. The van der Waals surface area contributed by atoms with Gasteiger partial charge in [-0.15, -0.1) is 0 Å². The van der Waals surface area contributed by atoms with Crippen LogP contribution in [0.5, 0.6) is 0 Å². The van der Waals surface area contributed by atoms with Gasteiger partial charge in [0.1, 0.15) is 0 Å². The molecule has 0 saturated carbocycles. The van der Waals surface area contributed by atoms with Gasteiger partial charge >= 0.3 is 6.03 Å². The predicted molar refractivity (Wildman–Crippen MR) is 71.1 cm³/mol. The number of hydrogen-bond acceptors (Lipinski definition) is 2. The molecule has 0 aliphatic carbocycles. The van der Waals surface area contributed by atoms with E-state index in [1.807, 2.05) is 4.90 Å². The zero-order valence-electron chi connectivity index (χ0n) is 11.7. The molecule has 17 heavy (non-hydrogen) atoms. The molecule has 2 amide bonds. The monoisotopic (exact) mass is 241 g/mol. The fourth-order valence-electron chi connectivity index (χ4n) is 2.05. The molecule has 0 spiro atoms. The standard InChI is InChI=1S/C13H27N3O/c1-11(2)9-14-13(17)16-7-5-15(6-8-16)10-12(3)4/h11-12H,5-10H2,1-4H3,(H,14,17). The first kappa shape index (κ1) is 14.3. The van der Waals surface area contributed by atoms with Gasteiger partial charge in [0.2, 0.25) is 0 Å². The van der Waals surface area contributed by atoms with Crippen molar-refractivity contribution in [2.24, 2.45) is 11.8 Å². The summed E-state index contributed by atoms with van der Waals surface area (Å²) in [6.45, 7) is 14.3. The van der Waals surface area contributed by atoms with Crippen molar-refractivity contribution in [1.82, 2.24) is 15.1 Å². The molecule has 1 aliphatic heterocycles. The smallest absolute Gasteiger partial charge is 0.317 e. The van der Waals surface area contributed by atoms with Gasteiger partial charge in [-0.1, -0.05) is 27.7 Å². The minimum atomic E-state index is 0.0999. The molecule has 1 fully saturated rings. The van der Waals surface area contributed by atoms with Crippen molar-refractivity contribution < 1.29 is 4.79 Å². The Morgan fingerprint density at radius 1 is 1.06 bits per heavy atom. The molecule has 1 rings (SSSR count). The maximum atomic E-state index is 11.8. The molecule has 0 radical (unpaired) electrons. The van der Waals surface area contributed by atoms with E-state index < -0.39 is 0 Å². The van der Waals surface area contributed by atoms with Gasteiger partial charge in [-0.05, 0) is 11.8 Å². The summed E-state index contributed by atoms with van der Waals surface area (Å²) >= 11 is 0. The zero-order chi connectivity index (χ0) is 12.8. The van der Waals surface area contributed by atoms with Crippen LogP contribution in [0.4, 0.5) is 4.79 Å². The van der Waals surface area contributed by atoms with Gasteiger partial charge in [0.25, 0.3) is 0 Å². The normalized spacial score (nSPS) is 17.9. The van der Waals surface area contributed by atoms with Gasteiger partial charge in [-0.2, -0.15) is 0 Å². The highest BCUT2D eigenvalue weighted by Crippen LogP contribution is 2.05. The Labute approximate surface area is 105 Å². The second-order valence-corrected chi connectivity index (χ2v) is 5.76. The highest BCUT2D eigenvalue weighted by Gasteiger charge is 2.20. The Bertz CT molecular complexity index is 233. The molecular weight excluding hydrogens is 214 g/mol. The average molecular weight is 241 g/mol. The van der Waals surface area contributed by atoms with Crippen LogP contribution in [0.3, 0.4) is 0 Å². The molecule has 4 nitrogen and oxygen atoms in total. The topological polar surface area (TPSA) is 35.6 Å². The lowest BCUT2D eigenvalue weighted by molar-refractivity contribution is 0.131. The van der Waals surface area contributed by atoms with Gasteiger partial charge in [0.05, 0.1) is 0 Å². The maximum Gasteiger partial charge on any atom is 0.317 e. The molecule has 0 aromatic carbocycles. The lowest BCUT2D eigenvalue weighted by Gasteiger charge is -2.35. The maximum absolute atomic E-state index is 11.8. The molecule has 0 unspecified atom stereocenters. The Morgan fingerprint density at radius 2 is 1.65 bits per heavy atom. The van der Waals surface area contributed by atoms with E-state index >= 15 is 0 Å². The van der Waals surface area contributed by atoms with Crippen molar-refractivity contribution in [3.05, 3.63) is 0 Å². The first-order valence-corrected chi connectivity index (χ1v) is 6.74. The number of hydrogen-bond donors (Lipinski definition) is 1. The Kier molecular flexibility index (Phi) is 5.75. The van der Waals surface area contributed by atoms with Crippen molar-refractivity contribution in [2.45, 2.75) is 27.7 Å². The van der Waals surface area contributed by atoms with Gasteiger partial charge < -0.3 is 10.2 Å². The van der Waals surface area contributed by atoms with Gasteiger partial charge in [0, 0.05) is 39.3 Å². The predicted octanol–water partition coefficient (Wildman–Crippen LogP) is 1.63. The van der Waals surface area contributed by atoms with Crippen LogP contribution in [-0.4, -0.2) is 55.1 Å². The molecule has 1 saturated heterocycles. The highest BCUT2D eigenvalue weighted by molar-refractivity contribution is 5.74. The summed E-state index contributed by atoms with van der Waals surface area (Å²) in [4.78, 5) is 16.2. The third kappa shape index (κ3) is 5.39. The Hall–Kier alpha value is -0.770. The van der Waals surface area contributed by atoms with Crippen molar-refractivity contribution >= 4 is 6.03 Å². The van der Waals surface area contributed by atoms with Crippen LogP contribution in [0.1, 0.15) is 27.7 Å². The van der Waals surface area contributed by atoms with E-state index in [0.717, 1.165) is 39.3 Å². The van der Waals surface area contributed by atoms with E-state index in [-0.39, 0.29) is 6.03 Å². The van der Waals surface area contributed by atoms with Gasteiger partial charge in [-0.3, -0.25) is 4.90 Å². The van der Waals surface area contributed by atoms with E-state index in [9.17, 15) is 4.79 Å². The summed E-state index contributed by atoms with van der Waals surface area (Å²) in [5, 5.41) is 2.98. The fourth-order valence-corrected chi connectivity index (χ4v) is 2.05. The van der Waals surface area contributed by atoms with Crippen molar-refractivity contribution in [1.29, 1.82) is 0 Å². The van der Waals surface area contributed by atoms with Crippen molar-refractivity contribution in [2.75, 3.05) is 39.3 Å². The number of carbonyl (C=O) groups excluding carboxylic acids is 1. The number of amides is 2. The summed E-state index contributed by atoms with van der Waals surface area (Å²) in [6.07, 6.45) is 0. The van der Waals surface area contributed by atoms with E-state index in [2.05, 4.69) is 37.9 Å². The fraction of sp³-hybridized carbons (Fsp3) is 0.923. The lowest BCUT2D eigenvalue weighted by Crippen LogP contribution is -2.52. The molecule has 4 heteroatoms. The zero-order valence-corrected chi connectivity index (χ0v) is 11.7. The first-order valence-electron chi connectivity index (χ1n) is 6.74. The van der Waals surface area contributed by atoms with E-state index in [0.29, 0.717) is 11.8 Å². The Balaban J connectivity index is 2.24. The summed E-state index contributed by atoms with van der Waals surface area (Å²) in [5.74, 6) is 1.22. The van der Waals surface area contributed by atoms with Gasteiger partial charge in [-0.25, -0.2) is 4.79 Å². The summed E-state index contributed by atoms with van der Waals surface area (Å²) < 4.78 is 0. The van der Waals surface area contributed by atoms with Crippen LogP contribution >= 0.6 is 0 Å². The minimum Gasteiger partial charge on any atom is -0.338 e. The van der Waals surface area contributed by atoms with Gasteiger partial charge in [0.15, 0.2) is 0 Å². The van der Waals surface area contributed by atoms with Crippen LogP contribution < -0.4 is 5.32 Å². The molecule has 1 aliphatic rings. The molecule has 1 N–H and O–H groups in total. The second kappa shape index (κ2) is 6.84. The third-order valence-electron chi connectivity index (χ3n) is 2.94. The number of urea groups is 1. The van der Waals surface area contributed by atoms with Crippen molar-refractivity contribution in [3.63, 3.8) is 0 Å². The van der Waals surface area contributed by atoms with E-state index in [1.165, 1.54) is 0 Å². The van der Waals surface area contributed by atoms with Crippen LogP contribution in [0.25, 0.3) is 0 Å². The molecule has 0 bridgehead atoms. The second-order valence-electron chi connectivity index (χ2n) is 5.76. The van der Waals surface area contributed by atoms with E-state index in [1.54, 1.807) is 0 Å². The lowest BCUT2D eigenvalue weighted by atomic mass is 10.2. The molecule has 0 aromatic rings. The number of nitrogens with one attached hydrogen (secondary N) is 1. The van der Waals surface area contributed by atoms with Crippen LogP contribution in [0, 0.1) is 11.8 Å². The number of nitrogens with zero attached hydrogens (tertiary/aromatic N) is 2. The molecular formula is C13H27N3O. The molecule has 100 valence electrons. The summed E-state index contributed by atoms with van der Waals surface area (Å²) in [5.41, 5.74) is 0. The number of piperazine rings is 1. The van der Waals surface area contributed by atoms with E-state index in [4.69, 9.17) is 0 Å². The first-order chi connectivity index (χ1) is 7.99. The molecule has 0 aromatic heterocycles. The quantitative estimate of drug-likeness (QED) is 0.812. The highest BCUT2D eigenvalue weighted by atomic mass is 16.2. The summed E-state index contributed by atoms with van der Waals surface area (Å²) in [7, 11) is 0. The average Bonchev–Trinajstić information content (AvgIpc) is 2.26. The molecule has 0 atom stereocenters. The largest absolute Gasteiger partial charge is 0.338 e. The van der Waals surface area contributed by atoms with Crippen LogP contribution in [0.2, 0.25) is 0 Å². The molecule has 1 heterocycles. The Morgan fingerprint density at radius 3 is 2.12 bits per heavy atom. The minimum absolute atomic E-state index is 0.0999. The van der Waals surface area contributed by atoms with Crippen LogP contribution in [0.15, 0.2) is 0 Å². The number of carbonyl (C=O) groups is 1. The van der Waals surface area contributed by atoms with Crippen LogP contribution in [-0.2, 0) is 0 Å². The SMILES string of the molecule is CC(C)CNC(=O)N1CCN(CC(C)C)CC1. The third-order valence-corrected chi connectivity index (χ3v) is 2.94. The number of rotatable bonds is 4. The van der Waals surface area contributed by atoms with Crippen molar-refractivity contribution in [3.8, 4) is 0 Å².